The van der Waals surface area contributed by atoms with Gasteiger partial charge in [-0.05, 0) is 32.6 Å². The molecule has 26 heavy (non-hydrogen) atoms. The van der Waals surface area contributed by atoms with Gasteiger partial charge in [0.05, 0.1) is 6.10 Å². The van der Waals surface area contributed by atoms with Gasteiger partial charge in [-0.25, -0.2) is 9.97 Å². The average molecular weight is 372 g/mol. The Morgan fingerprint density at radius 2 is 2.04 bits per heavy atom. The van der Waals surface area contributed by atoms with Gasteiger partial charge < -0.3 is 15.0 Å². The van der Waals surface area contributed by atoms with E-state index >= 15 is 0 Å². The van der Waals surface area contributed by atoms with Gasteiger partial charge in [-0.15, -0.1) is 0 Å². The number of amides is 1. The third-order valence-corrected chi connectivity index (χ3v) is 4.83. The van der Waals surface area contributed by atoms with E-state index in [0.29, 0.717) is 32.5 Å². The Morgan fingerprint density at radius 3 is 2.65 bits per heavy atom. The lowest BCUT2D eigenvalue weighted by atomic mass is 9.95. The summed E-state index contributed by atoms with van der Waals surface area (Å²) in [6.45, 7) is 3.71. The molecule has 1 aromatic rings. The summed E-state index contributed by atoms with van der Waals surface area (Å²) in [4.78, 5) is 21.7. The number of rotatable bonds is 4. The second-order valence-electron chi connectivity index (χ2n) is 6.80. The van der Waals surface area contributed by atoms with Crippen molar-refractivity contribution in [3.05, 3.63) is 17.6 Å². The topological polar surface area (TPSA) is 67.4 Å². The van der Waals surface area contributed by atoms with Crippen LogP contribution in [0, 0.1) is 12.8 Å². The highest BCUT2D eigenvalue weighted by Crippen LogP contribution is 2.31. The predicted octanol–water partition coefficient (Wildman–Crippen LogP) is 2.32. The maximum Gasteiger partial charge on any atom is 0.433 e. The van der Waals surface area contributed by atoms with Crippen LogP contribution in [0.15, 0.2) is 6.07 Å². The molecule has 6 nitrogen and oxygen atoms in total. The average Bonchev–Trinajstić information content (AvgIpc) is 3.12. The summed E-state index contributed by atoms with van der Waals surface area (Å²) in [5, 5.41) is 2.93. The van der Waals surface area contributed by atoms with Crippen molar-refractivity contribution < 1.29 is 22.7 Å². The van der Waals surface area contributed by atoms with E-state index in [1.165, 1.54) is 6.92 Å². The van der Waals surface area contributed by atoms with Crippen molar-refractivity contribution in [2.24, 2.45) is 5.92 Å². The maximum atomic E-state index is 12.9. The Kier molecular flexibility index (Phi) is 5.64. The number of alkyl halides is 3. The van der Waals surface area contributed by atoms with Crippen LogP contribution in [0.25, 0.3) is 0 Å². The molecule has 9 heteroatoms. The van der Waals surface area contributed by atoms with E-state index < -0.39 is 11.9 Å². The number of ether oxygens (including phenoxy) is 1. The van der Waals surface area contributed by atoms with E-state index in [-0.39, 0.29) is 29.6 Å². The Hall–Kier alpha value is -1.90. The van der Waals surface area contributed by atoms with Gasteiger partial charge in [0.15, 0.2) is 0 Å². The molecule has 1 amide bonds. The number of nitrogens with one attached hydrogen (secondary N) is 1. The van der Waals surface area contributed by atoms with E-state index in [4.69, 9.17) is 4.74 Å². The summed E-state index contributed by atoms with van der Waals surface area (Å²) in [5.74, 6) is 0.224. The fourth-order valence-corrected chi connectivity index (χ4v) is 3.39. The lowest BCUT2D eigenvalue weighted by Crippen LogP contribution is -2.42. The molecule has 1 N–H and O–H groups in total. The van der Waals surface area contributed by atoms with E-state index in [0.717, 1.165) is 25.5 Å². The van der Waals surface area contributed by atoms with Crippen molar-refractivity contribution in [2.45, 2.75) is 44.9 Å². The third-order valence-electron chi connectivity index (χ3n) is 4.83. The van der Waals surface area contributed by atoms with Crippen molar-refractivity contribution in [1.82, 2.24) is 15.3 Å². The van der Waals surface area contributed by atoms with Crippen LogP contribution in [0.4, 0.5) is 19.0 Å². The zero-order valence-electron chi connectivity index (χ0n) is 14.7. The normalized spacial score (nSPS) is 21.8. The molecule has 144 valence electrons. The fraction of sp³-hybridized carbons (Fsp3) is 0.706. The number of anilines is 1. The number of carbonyl (C=O) groups is 1. The van der Waals surface area contributed by atoms with Gasteiger partial charge in [0.25, 0.3) is 0 Å². The monoisotopic (exact) mass is 372 g/mol. The van der Waals surface area contributed by atoms with Crippen molar-refractivity contribution in [3.63, 3.8) is 0 Å². The van der Waals surface area contributed by atoms with Gasteiger partial charge in [0.2, 0.25) is 5.91 Å². The Labute approximate surface area is 150 Å². The summed E-state index contributed by atoms with van der Waals surface area (Å²) in [5.41, 5.74) is -0.934. The van der Waals surface area contributed by atoms with E-state index in [1.807, 2.05) is 0 Å². The van der Waals surface area contributed by atoms with Gasteiger partial charge in [0.1, 0.15) is 17.3 Å². The summed E-state index contributed by atoms with van der Waals surface area (Å²) in [6, 6.07) is 0.977. The Morgan fingerprint density at radius 1 is 1.31 bits per heavy atom. The standard InChI is InChI=1S/C17H23F3N4O2/c1-11-22-14(17(18,19)20)9-15(23-11)24-6-4-12(5-7-24)16(25)21-10-13-3-2-8-26-13/h9,12-13H,2-8,10H2,1H3,(H,21,25). The minimum atomic E-state index is -4.50. The van der Waals surface area contributed by atoms with Crippen LogP contribution in [0.3, 0.4) is 0 Å². The lowest BCUT2D eigenvalue weighted by Gasteiger charge is -2.32. The Balaban J connectivity index is 1.54. The molecule has 0 aromatic carbocycles. The van der Waals surface area contributed by atoms with Gasteiger partial charge in [-0.1, -0.05) is 0 Å². The predicted molar refractivity (Wildman–Crippen MR) is 88.7 cm³/mol. The van der Waals surface area contributed by atoms with E-state index in [1.54, 1.807) is 4.90 Å². The highest BCUT2D eigenvalue weighted by Gasteiger charge is 2.34. The number of aryl methyl sites for hydroxylation is 1. The molecule has 0 aliphatic carbocycles. The fourth-order valence-electron chi connectivity index (χ4n) is 3.39. The number of carbonyl (C=O) groups excluding carboxylic acids is 1. The molecule has 1 aromatic heterocycles. The first-order valence-corrected chi connectivity index (χ1v) is 8.90. The number of halogens is 3. The molecule has 3 heterocycles. The second-order valence-corrected chi connectivity index (χ2v) is 6.80. The molecule has 3 rings (SSSR count). The largest absolute Gasteiger partial charge is 0.433 e. The van der Waals surface area contributed by atoms with Crippen LogP contribution in [-0.2, 0) is 15.7 Å². The molecule has 1 unspecified atom stereocenters. The van der Waals surface area contributed by atoms with Gasteiger partial charge in [-0.2, -0.15) is 13.2 Å². The quantitative estimate of drug-likeness (QED) is 0.879. The number of aromatic nitrogens is 2. The Bertz CT molecular complexity index is 639. The van der Waals surface area contributed by atoms with Crippen LogP contribution < -0.4 is 10.2 Å². The van der Waals surface area contributed by atoms with Gasteiger partial charge in [-0.3, -0.25) is 4.79 Å². The highest BCUT2D eigenvalue weighted by molar-refractivity contribution is 5.79. The van der Waals surface area contributed by atoms with Gasteiger partial charge >= 0.3 is 6.18 Å². The zero-order chi connectivity index (χ0) is 18.7. The molecular weight excluding hydrogens is 349 g/mol. The molecule has 2 aliphatic heterocycles. The van der Waals surface area contributed by atoms with Crippen LogP contribution >= 0.6 is 0 Å². The molecule has 0 spiro atoms. The van der Waals surface area contributed by atoms with Crippen LogP contribution in [0.5, 0.6) is 0 Å². The molecule has 2 saturated heterocycles. The van der Waals surface area contributed by atoms with Crippen LogP contribution in [-0.4, -0.2) is 48.2 Å². The van der Waals surface area contributed by atoms with Crippen molar-refractivity contribution >= 4 is 11.7 Å². The first-order chi connectivity index (χ1) is 12.3. The molecule has 1 atom stereocenters. The maximum absolute atomic E-state index is 12.9. The van der Waals surface area contributed by atoms with Crippen molar-refractivity contribution in [3.8, 4) is 0 Å². The minimum absolute atomic E-state index is 0.00463. The van der Waals surface area contributed by atoms with E-state index in [9.17, 15) is 18.0 Å². The molecule has 0 saturated carbocycles. The number of piperidine rings is 1. The summed E-state index contributed by atoms with van der Waals surface area (Å²) < 4.78 is 44.3. The summed E-state index contributed by atoms with van der Waals surface area (Å²) in [7, 11) is 0. The van der Waals surface area contributed by atoms with Crippen molar-refractivity contribution in [2.75, 3.05) is 31.1 Å². The summed E-state index contributed by atoms with van der Waals surface area (Å²) in [6.07, 6.45) is -1.24. The SMILES string of the molecule is Cc1nc(N2CCC(C(=O)NCC3CCCO3)CC2)cc(C(F)(F)F)n1. The first kappa shape index (κ1) is 18.9. The molecular formula is C17H23F3N4O2. The third kappa shape index (κ3) is 4.63. The molecule has 0 radical (unpaired) electrons. The second kappa shape index (κ2) is 7.77. The van der Waals surface area contributed by atoms with E-state index in [2.05, 4.69) is 15.3 Å². The number of nitrogens with zero attached hydrogens (tertiary/aromatic N) is 3. The summed E-state index contributed by atoms with van der Waals surface area (Å²) >= 11 is 0. The molecule has 2 fully saturated rings. The minimum Gasteiger partial charge on any atom is -0.376 e. The number of hydrogen-bond acceptors (Lipinski definition) is 5. The van der Waals surface area contributed by atoms with Gasteiger partial charge in [0, 0.05) is 38.2 Å². The lowest BCUT2D eigenvalue weighted by molar-refractivity contribution is -0.141. The zero-order valence-corrected chi connectivity index (χ0v) is 14.7. The smallest absolute Gasteiger partial charge is 0.376 e. The van der Waals surface area contributed by atoms with Crippen LogP contribution in [0.2, 0.25) is 0 Å². The molecule has 0 bridgehead atoms. The highest BCUT2D eigenvalue weighted by atomic mass is 19.4. The van der Waals surface area contributed by atoms with Crippen LogP contribution in [0.1, 0.15) is 37.2 Å². The van der Waals surface area contributed by atoms with Crippen molar-refractivity contribution in [1.29, 1.82) is 0 Å². The number of hydrogen-bond donors (Lipinski definition) is 1. The first-order valence-electron chi connectivity index (χ1n) is 8.90. The molecule has 2 aliphatic rings.